The molecule has 2 nitrogen and oxygen atoms in total. The molecule has 0 bridgehead atoms. The monoisotopic (exact) mass is 240 g/mol. The smallest absolute Gasteiger partial charge is 0.0278 e. The molecule has 1 fully saturated rings. The maximum Gasteiger partial charge on any atom is 0.0278 e. The highest BCUT2D eigenvalue weighted by atomic mass is 15.2. The van der Waals surface area contributed by atoms with Crippen LogP contribution in [0.4, 0.5) is 0 Å². The van der Waals surface area contributed by atoms with Gasteiger partial charge in [0, 0.05) is 17.6 Å². The van der Waals surface area contributed by atoms with Gasteiger partial charge in [0.25, 0.3) is 0 Å². The van der Waals surface area contributed by atoms with Crippen LogP contribution in [0, 0.1) is 0 Å². The maximum atomic E-state index is 3.74. The van der Waals surface area contributed by atoms with Gasteiger partial charge >= 0.3 is 0 Å². The zero-order chi connectivity index (χ0) is 12.9. The van der Waals surface area contributed by atoms with E-state index in [0.29, 0.717) is 11.1 Å². The fourth-order valence-corrected chi connectivity index (χ4v) is 3.28. The first-order valence-electron chi connectivity index (χ1n) is 7.56. The summed E-state index contributed by atoms with van der Waals surface area (Å²) in [7, 11) is 0. The third-order valence-electron chi connectivity index (χ3n) is 5.12. The Morgan fingerprint density at radius 3 is 2.18 bits per heavy atom. The highest BCUT2D eigenvalue weighted by molar-refractivity contribution is 4.95. The Balaban J connectivity index is 2.86. The summed E-state index contributed by atoms with van der Waals surface area (Å²) in [6.45, 7) is 15.4. The lowest BCUT2D eigenvalue weighted by Gasteiger charge is -2.45. The Morgan fingerprint density at radius 2 is 1.71 bits per heavy atom. The van der Waals surface area contributed by atoms with Crippen LogP contribution in [0.3, 0.4) is 0 Å². The molecule has 0 aliphatic carbocycles. The van der Waals surface area contributed by atoms with Gasteiger partial charge in [0.2, 0.25) is 0 Å². The first kappa shape index (κ1) is 15.0. The number of hydrogen-bond donors (Lipinski definition) is 1. The van der Waals surface area contributed by atoms with Crippen molar-refractivity contribution < 1.29 is 0 Å². The standard InChI is InChI=1S/C15H32N2/c1-6-14(5)13-17(12-10-11-16-14)15(7-2,8-3)9-4/h16H,6-13H2,1-5H3. The van der Waals surface area contributed by atoms with E-state index in [4.69, 9.17) is 0 Å². The van der Waals surface area contributed by atoms with Crippen LogP contribution >= 0.6 is 0 Å². The highest BCUT2D eigenvalue weighted by Gasteiger charge is 2.37. The molecule has 0 saturated carbocycles. The Labute approximate surface area is 108 Å². The van der Waals surface area contributed by atoms with Crippen LogP contribution in [0.15, 0.2) is 0 Å². The normalized spacial score (nSPS) is 28.1. The van der Waals surface area contributed by atoms with Crippen molar-refractivity contribution in [1.82, 2.24) is 10.2 Å². The summed E-state index contributed by atoms with van der Waals surface area (Å²) in [6, 6.07) is 0. The Kier molecular flexibility index (Phi) is 5.46. The van der Waals surface area contributed by atoms with E-state index in [1.54, 1.807) is 0 Å². The predicted molar refractivity (Wildman–Crippen MR) is 76.5 cm³/mol. The van der Waals surface area contributed by atoms with E-state index in [1.165, 1.54) is 51.7 Å². The molecule has 1 saturated heterocycles. The summed E-state index contributed by atoms with van der Waals surface area (Å²) < 4.78 is 0. The van der Waals surface area contributed by atoms with Gasteiger partial charge < -0.3 is 5.32 Å². The summed E-state index contributed by atoms with van der Waals surface area (Å²) in [6.07, 6.45) is 6.34. The molecule has 1 rings (SSSR count). The van der Waals surface area contributed by atoms with Gasteiger partial charge in [-0.2, -0.15) is 0 Å². The van der Waals surface area contributed by atoms with Gasteiger partial charge in [0.1, 0.15) is 0 Å². The maximum absolute atomic E-state index is 3.74. The van der Waals surface area contributed by atoms with Crippen molar-refractivity contribution in [2.45, 2.75) is 77.8 Å². The molecule has 1 heterocycles. The SMILES string of the molecule is CCC1(C)CN(C(CC)(CC)CC)CCCN1. The molecule has 0 aromatic carbocycles. The first-order chi connectivity index (χ1) is 8.05. The zero-order valence-electron chi connectivity index (χ0n) is 12.6. The van der Waals surface area contributed by atoms with E-state index in [0.717, 1.165) is 0 Å². The average molecular weight is 240 g/mol. The second-order valence-corrected chi connectivity index (χ2v) is 5.90. The molecular formula is C15H32N2. The Morgan fingerprint density at radius 1 is 1.12 bits per heavy atom. The third-order valence-corrected chi connectivity index (χ3v) is 5.12. The molecule has 102 valence electrons. The van der Waals surface area contributed by atoms with Crippen LogP contribution in [0.2, 0.25) is 0 Å². The van der Waals surface area contributed by atoms with Gasteiger partial charge in [-0.1, -0.05) is 27.7 Å². The fraction of sp³-hybridized carbons (Fsp3) is 1.00. The topological polar surface area (TPSA) is 15.3 Å². The van der Waals surface area contributed by atoms with E-state index in [1.807, 2.05) is 0 Å². The lowest BCUT2D eigenvalue weighted by molar-refractivity contribution is 0.0562. The van der Waals surface area contributed by atoms with Crippen molar-refractivity contribution in [2.24, 2.45) is 0 Å². The average Bonchev–Trinajstić information content (AvgIpc) is 2.56. The summed E-state index contributed by atoms with van der Waals surface area (Å²) in [4.78, 5) is 2.77. The summed E-state index contributed by atoms with van der Waals surface area (Å²) in [5.41, 5.74) is 0.740. The van der Waals surface area contributed by atoms with Crippen molar-refractivity contribution in [3.63, 3.8) is 0 Å². The molecule has 17 heavy (non-hydrogen) atoms. The van der Waals surface area contributed by atoms with Crippen LogP contribution in [0.1, 0.15) is 66.7 Å². The van der Waals surface area contributed by atoms with E-state index in [9.17, 15) is 0 Å². The van der Waals surface area contributed by atoms with Crippen LogP contribution < -0.4 is 5.32 Å². The van der Waals surface area contributed by atoms with E-state index >= 15 is 0 Å². The van der Waals surface area contributed by atoms with Crippen LogP contribution in [0.25, 0.3) is 0 Å². The minimum atomic E-state index is 0.307. The van der Waals surface area contributed by atoms with E-state index < -0.39 is 0 Å². The molecule has 1 atom stereocenters. The van der Waals surface area contributed by atoms with Crippen molar-refractivity contribution in [1.29, 1.82) is 0 Å². The fourth-order valence-electron chi connectivity index (χ4n) is 3.28. The number of nitrogens with zero attached hydrogens (tertiary/aromatic N) is 1. The quantitative estimate of drug-likeness (QED) is 0.792. The number of nitrogens with one attached hydrogen (secondary N) is 1. The van der Waals surface area contributed by atoms with Crippen molar-refractivity contribution in [3.05, 3.63) is 0 Å². The minimum Gasteiger partial charge on any atom is -0.310 e. The second-order valence-electron chi connectivity index (χ2n) is 5.90. The van der Waals surface area contributed by atoms with Crippen LogP contribution in [0.5, 0.6) is 0 Å². The lowest BCUT2D eigenvalue weighted by atomic mass is 9.85. The van der Waals surface area contributed by atoms with Crippen molar-refractivity contribution >= 4 is 0 Å². The third kappa shape index (κ3) is 3.23. The second kappa shape index (κ2) is 6.19. The molecule has 1 aliphatic heterocycles. The molecule has 0 amide bonds. The van der Waals surface area contributed by atoms with Gasteiger partial charge in [-0.25, -0.2) is 0 Å². The van der Waals surface area contributed by atoms with Crippen molar-refractivity contribution in [3.8, 4) is 0 Å². The van der Waals surface area contributed by atoms with Crippen LogP contribution in [-0.4, -0.2) is 35.6 Å². The van der Waals surface area contributed by atoms with Gasteiger partial charge in [0.05, 0.1) is 0 Å². The number of hydrogen-bond acceptors (Lipinski definition) is 2. The van der Waals surface area contributed by atoms with Gasteiger partial charge in [-0.15, -0.1) is 0 Å². The summed E-state index contributed by atoms with van der Waals surface area (Å²) in [5, 5.41) is 3.74. The number of rotatable bonds is 5. The molecule has 0 aromatic heterocycles. The first-order valence-corrected chi connectivity index (χ1v) is 7.56. The van der Waals surface area contributed by atoms with Gasteiger partial charge in [-0.3, -0.25) is 4.90 Å². The molecule has 1 N–H and O–H groups in total. The Hall–Kier alpha value is -0.0800. The lowest BCUT2D eigenvalue weighted by Crippen LogP contribution is -2.55. The molecule has 1 unspecified atom stereocenters. The molecule has 0 aromatic rings. The highest BCUT2D eigenvalue weighted by Crippen LogP contribution is 2.31. The van der Waals surface area contributed by atoms with Crippen LogP contribution in [-0.2, 0) is 0 Å². The van der Waals surface area contributed by atoms with Gasteiger partial charge in [-0.05, 0) is 52.1 Å². The van der Waals surface area contributed by atoms with E-state index in [-0.39, 0.29) is 0 Å². The van der Waals surface area contributed by atoms with E-state index in [2.05, 4.69) is 44.8 Å². The van der Waals surface area contributed by atoms with Crippen molar-refractivity contribution in [2.75, 3.05) is 19.6 Å². The van der Waals surface area contributed by atoms with Gasteiger partial charge in [0.15, 0.2) is 0 Å². The predicted octanol–water partition coefficient (Wildman–Crippen LogP) is 3.42. The summed E-state index contributed by atoms with van der Waals surface area (Å²) in [5.74, 6) is 0. The molecule has 0 spiro atoms. The molecule has 2 heteroatoms. The Bertz CT molecular complexity index is 215. The largest absolute Gasteiger partial charge is 0.310 e. The summed E-state index contributed by atoms with van der Waals surface area (Å²) >= 11 is 0. The molecular weight excluding hydrogens is 208 g/mol. The minimum absolute atomic E-state index is 0.307. The molecule has 0 radical (unpaired) electrons. The zero-order valence-corrected chi connectivity index (χ0v) is 12.6. The molecule has 1 aliphatic rings.